The van der Waals surface area contributed by atoms with Crippen LogP contribution in [0, 0.1) is 5.92 Å². The Morgan fingerprint density at radius 1 is 1.48 bits per heavy atom. The number of unbranched alkanes of at least 4 members (excludes halogenated alkanes) is 1. The van der Waals surface area contributed by atoms with E-state index in [1.165, 1.54) is 0 Å². The number of carbonyl (C=O) groups excluding carboxylic acids is 1. The van der Waals surface area contributed by atoms with Gasteiger partial charge in [-0.15, -0.1) is 0 Å². The molecule has 1 aliphatic rings. The maximum atomic E-state index is 11.8. The summed E-state index contributed by atoms with van der Waals surface area (Å²) in [7, 11) is 0. The second kappa shape index (κ2) is 8.43. The van der Waals surface area contributed by atoms with E-state index >= 15 is 0 Å². The predicted octanol–water partition coefficient (Wildman–Crippen LogP) is 2.71. The average molecular weight is 322 g/mol. The first kappa shape index (κ1) is 17.9. The number of hydrogen-bond acceptors (Lipinski definition) is 5. The Hall–Kier alpha value is -1.43. The van der Waals surface area contributed by atoms with Crippen molar-refractivity contribution in [2.75, 3.05) is 13.1 Å². The van der Waals surface area contributed by atoms with Crippen LogP contribution in [0.2, 0.25) is 0 Å². The molecular formula is C17H30N4O2. The number of aryl methyl sites for hydroxylation is 1. The van der Waals surface area contributed by atoms with Gasteiger partial charge < -0.3 is 14.7 Å². The summed E-state index contributed by atoms with van der Waals surface area (Å²) in [6, 6.07) is 0.413. The predicted molar refractivity (Wildman–Crippen MR) is 88.9 cm³/mol. The SMILES string of the molecule is CCCCc1noc([C@H](C)N[C@H]2CCN(C(=O)CC)C[C@@H]2C)n1. The molecule has 0 aromatic carbocycles. The number of aromatic nitrogens is 2. The Kier molecular flexibility index (Phi) is 6.57. The highest BCUT2D eigenvalue weighted by atomic mass is 16.5. The van der Waals surface area contributed by atoms with E-state index in [-0.39, 0.29) is 11.9 Å². The number of rotatable bonds is 7. The van der Waals surface area contributed by atoms with Crippen LogP contribution >= 0.6 is 0 Å². The zero-order valence-corrected chi connectivity index (χ0v) is 14.8. The summed E-state index contributed by atoms with van der Waals surface area (Å²) in [5.41, 5.74) is 0. The molecule has 1 aromatic rings. The van der Waals surface area contributed by atoms with Crippen molar-refractivity contribution in [2.45, 2.75) is 71.9 Å². The molecule has 0 spiro atoms. The van der Waals surface area contributed by atoms with Crippen molar-refractivity contribution < 1.29 is 9.32 Å². The quantitative estimate of drug-likeness (QED) is 0.835. The molecule has 3 atom stereocenters. The number of nitrogens with zero attached hydrogens (tertiary/aromatic N) is 3. The lowest BCUT2D eigenvalue weighted by atomic mass is 9.93. The highest BCUT2D eigenvalue weighted by molar-refractivity contribution is 5.75. The summed E-state index contributed by atoms with van der Waals surface area (Å²) >= 11 is 0. The molecule has 1 amide bonds. The van der Waals surface area contributed by atoms with Crippen LogP contribution in [0.4, 0.5) is 0 Å². The molecular weight excluding hydrogens is 292 g/mol. The van der Waals surface area contributed by atoms with Crippen LogP contribution in [0.1, 0.15) is 71.1 Å². The third kappa shape index (κ3) is 4.77. The normalized spacial score (nSPS) is 23.0. The van der Waals surface area contributed by atoms with Gasteiger partial charge in [-0.25, -0.2) is 0 Å². The van der Waals surface area contributed by atoms with Gasteiger partial charge in [0.05, 0.1) is 6.04 Å². The molecule has 1 fully saturated rings. The number of piperidine rings is 1. The molecule has 0 saturated carbocycles. The van der Waals surface area contributed by atoms with E-state index in [0.29, 0.717) is 24.3 Å². The standard InChI is InChI=1S/C17H30N4O2/c1-5-7-8-15-19-17(23-20-15)13(4)18-14-9-10-21(11-12(14)3)16(22)6-2/h12-14,18H,5-11H2,1-4H3/t12-,13-,14-/m0/s1. The number of amides is 1. The lowest BCUT2D eigenvalue weighted by Crippen LogP contribution is -2.50. The second-order valence-corrected chi connectivity index (χ2v) is 6.61. The smallest absolute Gasteiger partial charge is 0.243 e. The first-order valence-corrected chi connectivity index (χ1v) is 8.91. The van der Waals surface area contributed by atoms with Crippen LogP contribution in [-0.4, -0.2) is 40.1 Å². The summed E-state index contributed by atoms with van der Waals surface area (Å²) < 4.78 is 5.39. The maximum Gasteiger partial charge on any atom is 0.243 e. The molecule has 2 heterocycles. The van der Waals surface area contributed by atoms with E-state index < -0.39 is 0 Å². The monoisotopic (exact) mass is 322 g/mol. The summed E-state index contributed by atoms with van der Waals surface area (Å²) in [6.07, 6.45) is 4.64. The lowest BCUT2D eigenvalue weighted by molar-refractivity contribution is -0.132. The maximum absolute atomic E-state index is 11.8. The van der Waals surface area contributed by atoms with E-state index in [1.807, 2.05) is 11.8 Å². The van der Waals surface area contributed by atoms with Crippen molar-refractivity contribution >= 4 is 5.91 Å². The summed E-state index contributed by atoms with van der Waals surface area (Å²) in [6.45, 7) is 9.98. The molecule has 1 N–H and O–H groups in total. The van der Waals surface area contributed by atoms with Crippen LogP contribution in [0.25, 0.3) is 0 Å². The fourth-order valence-electron chi connectivity index (χ4n) is 3.12. The first-order chi connectivity index (χ1) is 11.0. The van der Waals surface area contributed by atoms with Crippen molar-refractivity contribution in [3.8, 4) is 0 Å². The second-order valence-electron chi connectivity index (χ2n) is 6.61. The van der Waals surface area contributed by atoms with Crippen LogP contribution < -0.4 is 5.32 Å². The van der Waals surface area contributed by atoms with Crippen molar-refractivity contribution in [1.82, 2.24) is 20.4 Å². The van der Waals surface area contributed by atoms with Gasteiger partial charge >= 0.3 is 0 Å². The zero-order valence-electron chi connectivity index (χ0n) is 14.8. The number of hydrogen-bond donors (Lipinski definition) is 1. The number of carbonyl (C=O) groups is 1. The molecule has 0 aliphatic carbocycles. The van der Waals surface area contributed by atoms with E-state index in [9.17, 15) is 4.79 Å². The van der Waals surface area contributed by atoms with Crippen molar-refractivity contribution in [1.29, 1.82) is 0 Å². The largest absolute Gasteiger partial charge is 0.342 e. The van der Waals surface area contributed by atoms with Gasteiger partial charge in [0.25, 0.3) is 0 Å². The molecule has 1 saturated heterocycles. The van der Waals surface area contributed by atoms with Crippen molar-refractivity contribution in [2.24, 2.45) is 5.92 Å². The minimum absolute atomic E-state index is 0.0405. The highest BCUT2D eigenvalue weighted by Crippen LogP contribution is 2.21. The summed E-state index contributed by atoms with van der Waals surface area (Å²) in [5.74, 6) is 2.13. The molecule has 1 aromatic heterocycles. The molecule has 6 nitrogen and oxygen atoms in total. The minimum atomic E-state index is 0.0405. The average Bonchev–Trinajstić information content (AvgIpc) is 3.03. The molecule has 0 unspecified atom stereocenters. The first-order valence-electron chi connectivity index (χ1n) is 8.91. The molecule has 23 heavy (non-hydrogen) atoms. The van der Waals surface area contributed by atoms with Gasteiger partial charge in [0.2, 0.25) is 11.8 Å². The minimum Gasteiger partial charge on any atom is -0.342 e. The van der Waals surface area contributed by atoms with Gasteiger partial charge in [0, 0.05) is 32.0 Å². The van der Waals surface area contributed by atoms with E-state index in [0.717, 1.165) is 44.6 Å². The molecule has 2 rings (SSSR count). The third-order valence-electron chi connectivity index (χ3n) is 4.63. The zero-order chi connectivity index (χ0) is 16.8. The van der Waals surface area contributed by atoms with E-state index in [2.05, 4.69) is 36.2 Å². The van der Waals surface area contributed by atoms with E-state index in [1.54, 1.807) is 0 Å². The van der Waals surface area contributed by atoms with Gasteiger partial charge in [-0.05, 0) is 25.7 Å². The van der Waals surface area contributed by atoms with Crippen LogP contribution in [0.3, 0.4) is 0 Å². The topological polar surface area (TPSA) is 71.3 Å². The van der Waals surface area contributed by atoms with Crippen molar-refractivity contribution in [3.63, 3.8) is 0 Å². The highest BCUT2D eigenvalue weighted by Gasteiger charge is 2.29. The van der Waals surface area contributed by atoms with Gasteiger partial charge in [-0.3, -0.25) is 4.79 Å². The molecule has 6 heteroatoms. The van der Waals surface area contributed by atoms with Crippen molar-refractivity contribution in [3.05, 3.63) is 11.7 Å². The third-order valence-corrected chi connectivity index (χ3v) is 4.63. The number of likely N-dealkylation sites (tertiary alicyclic amines) is 1. The van der Waals surface area contributed by atoms with Crippen LogP contribution in [-0.2, 0) is 11.2 Å². The van der Waals surface area contributed by atoms with Gasteiger partial charge in [-0.2, -0.15) is 4.98 Å². The Morgan fingerprint density at radius 2 is 2.26 bits per heavy atom. The van der Waals surface area contributed by atoms with Gasteiger partial charge in [0.15, 0.2) is 5.82 Å². The Balaban J connectivity index is 1.86. The Labute approximate surface area is 139 Å². The molecule has 1 aliphatic heterocycles. The molecule has 0 radical (unpaired) electrons. The number of nitrogens with one attached hydrogen (secondary N) is 1. The van der Waals surface area contributed by atoms with Gasteiger partial charge in [-0.1, -0.05) is 32.3 Å². The molecule has 130 valence electrons. The Morgan fingerprint density at radius 3 is 2.91 bits per heavy atom. The van der Waals surface area contributed by atoms with Gasteiger partial charge in [0.1, 0.15) is 0 Å². The fraction of sp³-hybridized carbons (Fsp3) is 0.824. The van der Waals surface area contributed by atoms with Crippen LogP contribution in [0.5, 0.6) is 0 Å². The Bertz CT molecular complexity index is 503. The summed E-state index contributed by atoms with van der Waals surface area (Å²) in [4.78, 5) is 18.3. The van der Waals surface area contributed by atoms with Crippen LogP contribution in [0.15, 0.2) is 4.52 Å². The lowest BCUT2D eigenvalue weighted by Gasteiger charge is -2.38. The fourth-order valence-corrected chi connectivity index (χ4v) is 3.12. The summed E-state index contributed by atoms with van der Waals surface area (Å²) in [5, 5.41) is 7.65. The molecule has 0 bridgehead atoms. The van der Waals surface area contributed by atoms with E-state index in [4.69, 9.17) is 4.52 Å².